The molecule has 0 radical (unpaired) electrons. The van der Waals surface area contributed by atoms with Gasteiger partial charge in [-0.05, 0) is 12.1 Å². The molecule has 0 unspecified atom stereocenters. The molecule has 104 valence electrons. The van der Waals surface area contributed by atoms with Crippen LogP contribution in [0.4, 0.5) is 0 Å². The van der Waals surface area contributed by atoms with Crippen molar-refractivity contribution in [2.24, 2.45) is 0 Å². The average Bonchev–Trinajstić information content (AvgIpc) is 2.36. The molecule has 0 aliphatic carbocycles. The molecule has 1 aromatic rings. The summed E-state index contributed by atoms with van der Waals surface area (Å²) < 4.78 is 24.4. The zero-order valence-electron chi connectivity index (χ0n) is 10.7. The highest BCUT2D eigenvalue weighted by Crippen LogP contribution is 2.05. The number of carbonyl (C=O) groups is 1. The second-order valence-corrected chi connectivity index (χ2v) is 5.93. The number of hydrogen-bond acceptors (Lipinski definition) is 4. The van der Waals surface area contributed by atoms with Gasteiger partial charge in [-0.15, -0.1) is 6.58 Å². The van der Waals surface area contributed by atoms with Gasteiger partial charge in [0.05, 0.1) is 25.0 Å². The number of carbonyl (C=O) groups excluding carboxylic acids is 1. The molecular weight excluding hydrogens is 266 g/mol. The van der Waals surface area contributed by atoms with E-state index in [1.165, 1.54) is 6.08 Å². The van der Waals surface area contributed by atoms with Gasteiger partial charge in [-0.25, -0.2) is 8.42 Å². The fraction of sp³-hybridized carbons (Fsp3) is 0.333. The first-order chi connectivity index (χ1) is 8.93. The average molecular weight is 283 g/mol. The van der Waals surface area contributed by atoms with E-state index in [4.69, 9.17) is 0 Å². The Morgan fingerprint density at radius 3 is 2.79 bits per heavy atom. The number of amides is 1. The van der Waals surface area contributed by atoms with Gasteiger partial charge in [-0.1, -0.05) is 12.1 Å². The number of nitrogens with zero attached hydrogens (tertiary/aromatic N) is 2. The lowest BCUT2D eigenvalue weighted by Gasteiger charge is -2.18. The van der Waals surface area contributed by atoms with Crippen LogP contribution in [0, 0.1) is 0 Å². The Bertz CT molecular complexity index is 528. The van der Waals surface area contributed by atoms with E-state index in [-0.39, 0.29) is 19.0 Å². The van der Waals surface area contributed by atoms with Crippen LogP contribution in [0.3, 0.4) is 0 Å². The van der Waals surface area contributed by atoms with Gasteiger partial charge in [-0.2, -0.15) is 4.31 Å². The van der Waals surface area contributed by atoms with E-state index >= 15 is 0 Å². The first-order valence-electron chi connectivity index (χ1n) is 5.66. The number of aromatic nitrogens is 1. The summed E-state index contributed by atoms with van der Waals surface area (Å²) in [6, 6.07) is 5.21. The van der Waals surface area contributed by atoms with Gasteiger partial charge in [-0.3, -0.25) is 9.78 Å². The molecule has 7 heteroatoms. The van der Waals surface area contributed by atoms with E-state index in [9.17, 15) is 13.2 Å². The molecule has 1 aromatic heterocycles. The molecule has 1 amide bonds. The van der Waals surface area contributed by atoms with E-state index in [0.717, 1.165) is 10.6 Å². The normalized spacial score (nSPS) is 11.3. The highest BCUT2D eigenvalue weighted by Gasteiger charge is 2.20. The third kappa shape index (κ3) is 5.62. The van der Waals surface area contributed by atoms with E-state index < -0.39 is 10.0 Å². The highest BCUT2D eigenvalue weighted by molar-refractivity contribution is 7.88. The van der Waals surface area contributed by atoms with Crippen LogP contribution in [0.25, 0.3) is 0 Å². The van der Waals surface area contributed by atoms with Gasteiger partial charge < -0.3 is 5.32 Å². The SMILES string of the molecule is C=CCNC(=O)CN(Cc1ccccn1)S(C)(=O)=O. The minimum absolute atomic E-state index is 0.0706. The van der Waals surface area contributed by atoms with Crippen LogP contribution >= 0.6 is 0 Å². The van der Waals surface area contributed by atoms with Crippen LogP contribution in [-0.4, -0.2) is 43.0 Å². The Morgan fingerprint density at radius 2 is 2.26 bits per heavy atom. The summed E-state index contributed by atoms with van der Waals surface area (Å²) in [5, 5.41) is 2.54. The lowest BCUT2D eigenvalue weighted by molar-refractivity contribution is -0.121. The van der Waals surface area contributed by atoms with Gasteiger partial charge in [0.25, 0.3) is 0 Å². The van der Waals surface area contributed by atoms with E-state index in [1.807, 2.05) is 0 Å². The molecule has 0 saturated carbocycles. The molecule has 1 N–H and O–H groups in total. The summed E-state index contributed by atoms with van der Waals surface area (Å²) in [6.07, 6.45) is 4.17. The molecule has 0 aliphatic rings. The molecule has 1 rings (SSSR count). The third-order valence-corrected chi connectivity index (χ3v) is 3.49. The standard InChI is InChI=1S/C12H17N3O3S/c1-3-7-14-12(16)10-15(19(2,17)18)9-11-6-4-5-8-13-11/h3-6,8H,1,7,9-10H2,2H3,(H,14,16). The second kappa shape index (κ2) is 7.01. The van der Waals surface area contributed by atoms with Gasteiger partial charge in [0.15, 0.2) is 0 Å². The fourth-order valence-corrected chi connectivity index (χ4v) is 2.08. The van der Waals surface area contributed by atoms with Crippen molar-refractivity contribution < 1.29 is 13.2 Å². The quantitative estimate of drug-likeness (QED) is 0.722. The lowest BCUT2D eigenvalue weighted by Crippen LogP contribution is -2.40. The highest BCUT2D eigenvalue weighted by atomic mass is 32.2. The Kier molecular flexibility index (Phi) is 5.65. The zero-order chi connectivity index (χ0) is 14.3. The van der Waals surface area contributed by atoms with Gasteiger partial charge in [0.2, 0.25) is 15.9 Å². The predicted molar refractivity (Wildman–Crippen MR) is 72.7 cm³/mol. The van der Waals surface area contributed by atoms with E-state index in [0.29, 0.717) is 12.2 Å². The number of nitrogens with one attached hydrogen (secondary N) is 1. The van der Waals surface area contributed by atoms with Crippen molar-refractivity contribution in [2.45, 2.75) is 6.54 Å². The maximum atomic E-state index is 11.6. The summed E-state index contributed by atoms with van der Waals surface area (Å²) in [5.41, 5.74) is 0.587. The Balaban J connectivity index is 2.74. The molecule has 0 atom stereocenters. The van der Waals surface area contributed by atoms with Crippen molar-refractivity contribution in [3.63, 3.8) is 0 Å². The molecule has 0 bridgehead atoms. The number of hydrogen-bond donors (Lipinski definition) is 1. The minimum atomic E-state index is -3.48. The third-order valence-electron chi connectivity index (χ3n) is 2.30. The van der Waals surface area contributed by atoms with Crippen molar-refractivity contribution >= 4 is 15.9 Å². The largest absolute Gasteiger partial charge is 0.351 e. The topological polar surface area (TPSA) is 79.4 Å². The molecule has 19 heavy (non-hydrogen) atoms. The van der Waals surface area contributed by atoms with E-state index in [2.05, 4.69) is 16.9 Å². The maximum Gasteiger partial charge on any atom is 0.235 e. The first kappa shape index (κ1) is 15.3. The molecule has 0 aliphatic heterocycles. The van der Waals surface area contributed by atoms with Gasteiger partial charge in [0, 0.05) is 12.7 Å². The summed E-state index contributed by atoms with van der Waals surface area (Å²) >= 11 is 0. The molecule has 6 nitrogen and oxygen atoms in total. The second-order valence-electron chi connectivity index (χ2n) is 3.94. The summed E-state index contributed by atoms with van der Waals surface area (Å²) in [5.74, 6) is -0.374. The van der Waals surface area contributed by atoms with Crippen LogP contribution in [0.1, 0.15) is 5.69 Å². The van der Waals surface area contributed by atoms with Crippen LogP contribution < -0.4 is 5.32 Å². The molecule has 0 aromatic carbocycles. The predicted octanol–water partition coefficient (Wildman–Crippen LogP) is 0.145. The first-order valence-corrected chi connectivity index (χ1v) is 7.51. The molecular formula is C12H17N3O3S. The van der Waals surface area contributed by atoms with Crippen LogP contribution in [-0.2, 0) is 21.4 Å². The van der Waals surface area contributed by atoms with Crippen molar-refractivity contribution in [1.29, 1.82) is 0 Å². The van der Waals surface area contributed by atoms with Gasteiger partial charge >= 0.3 is 0 Å². The fourth-order valence-electron chi connectivity index (χ4n) is 1.36. The lowest BCUT2D eigenvalue weighted by atomic mass is 10.3. The van der Waals surface area contributed by atoms with Crippen molar-refractivity contribution in [2.75, 3.05) is 19.3 Å². The molecule has 1 heterocycles. The van der Waals surface area contributed by atoms with Crippen molar-refractivity contribution in [3.8, 4) is 0 Å². The van der Waals surface area contributed by atoms with E-state index in [1.54, 1.807) is 24.4 Å². The van der Waals surface area contributed by atoms with Crippen LogP contribution in [0.15, 0.2) is 37.1 Å². The molecule has 0 fully saturated rings. The smallest absolute Gasteiger partial charge is 0.235 e. The summed E-state index contributed by atoms with van der Waals surface area (Å²) in [7, 11) is -3.48. The van der Waals surface area contributed by atoms with Crippen LogP contribution in [0.2, 0.25) is 0 Å². The summed E-state index contributed by atoms with van der Waals surface area (Å²) in [6.45, 7) is 3.62. The van der Waals surface area contributed by atoms with Crippen molar-refractivity contribution in [3.05, 3.63) is 42.7 Å². The monoisotopic (exact) mass is 283 g/mol. The zero-order valence-corrected chi connectivity index (χ0v) is 11.6. The Labute approximate surface area is 113 Å². The number of sulfonamides is 1. The molecule has 0 spiro atoms. The number of rotatable bonds is 7. The van der Waals surface area contributed by atoms with Crippen molar-refractivity contribution in [1.82, 2.24) is 14.6 Å². The summed E-state index contributed by atoms with van der Waals surface area (Å²) in [4.78, 5) is 15.6. The number of pyridine rings is 1. The molecule has 0 saturated heterocycles. The Hall–Kier alpha value is -1.73. The van der Waals surface area contributed by atoms with Gasteiger partial charge in [0.1, 0.15) is 0 Å². The van der Waals surface area contributed by atoms with Crippen LogP contribution in [0.5, 0.6) is 0 Å². The minimum Gasteiger partial charge on any atom is -0.351 e. The Morgan fingerprint density at radius 1 is 1.53 bits per heavy atom. The maximum absolute atomic E-state index is 11.6.